The Hall–Kier alpha value is -1.26. The van der Waals surface area contributed by atoms with Crippen LogP contribution in [0.15, 0.2) is 18.2 Å². The van der Waals surface area contributed by atoms with E-state index in [4.69, 9.17) is 32.7 Å². The molecular formula is C15H18Cl2O4. The van der Waals surface area contributed by atoms with Crippen LogP contribution in [0.1, 0.15) is 33.1 Å². The molecule has 1 aromatic rings. The molecule has 0 fully saturated rings. The summed E-state index contributed by atoms with van der Waals surface area (Å²) in [5.41, 5.74) is 0. The highest BCUT2D eigenvalue weighted by molar-refractivity contribution is 6.34. The maximum absolute atomic E-state index is 11.6. The summed E-state index contributed by atoms with van der Waals surface area (Å²) in [7, 11) is 0. The Labute approximate surface area is 134 Å². The zero-order valence-electron chi connectivity index (χ0n) is 12.0. The number of carbonyl (C=O) groups is 2. The fourth-order valence-electron chi connectivity index (χ4n) is 1.48. The van der Waals surface area contributed by atoms with Crippen molar-refractivity contribution in [3.05, 3.63) is 28.2 Å². The van der Waals surface area contributed by atoms with Gasteiger partial charge in [0.05, 0.1) is 6.61 Å². The van der Waals surface area contributed by atoms with Crippen LogP contribution >= 0.6 is 23.2 Å². The largest absolute Gasteiger partial charge is 0.465 e. The minimum absolute atomic E-state index is 0.126. The Morgan fingerprint density at radius 2 is 1.62 bits per heavy atom. The number of rotatable bonds is 7. The van der Waals surface area contributed by atoms with E-state index < -0.39 is 5.97 Å². The molecule has 0 aliphatic heterocycles. The topological polar surface area (TPSA) is 52.6 Å². The molecule has 0 saturated carbocycles. The van der Waals surface area contributed by atoms with Gasteiger partial charge in [-0.25, -0.2) is 0 Å². The molecule has 6 heteroatoms. The highest BCUT2D eigenvalue weighted by Crippen LogP contribution is 2.24. The molecule has 1 rings (SSSR count). The summed E-state index contributed by atoms with van der Waals surface area (Å²) >= 11 is 11.6. The standard InChI is InChI=1S/C15H18Cl2O4/c1-10(2)9-20-14(18)4-3-5-15(19)21-13-7-11(16)6-12(17)8-13/h6-8,10H,3-5,9H2,1-2H3. The van der Waals surface area contributed by atoms with E-state index in [2.05, 4.69) is 0 Å². The van der Waals surface area contributed by atoms with Gasteiger partial charge in [0.1, 0.15) is 5.75 Å². The second-order valence-corrected chi connectivity index (χ2v) is 5.88. The first kappa shape index (κ1) is 17.8. The lowest BCUT2D eigenvalue weighted by atomic mass is 10.2. The van der Waals surface area contributed by atoms with Crippen molar-refractivity contribution in [2.75, 3.05) is 6.61 Å². The first-order chi connectivity index (χ1) is 9.86. The summed E-state index contributed by atoms with van der Waals surface area (Å²) in [5.74, 6) is -0.154. The molecule has 0 aromatic heterocycles. The number of hydrogen-bond acceptors (Lipinski definition) is 4. The molecule has 0 heterocycles. The SMILES string of the molecule is CC(C)COC(=O)CCCC(=O)Oc1cc(Cl)cc(Cl)c1. The average molecular weight is 333 g/mol. The summed E-state index contributed by atoms with van der Waals surface area (Å²) in [5, 5.41) is 0.783. The Morgan fingerprint density at radius 3 is 2.19 bits per heavy atom. The fourth-order valence-corrected chi connectivity index (χ4v) is 1.98. The molecule has 0 N–H and O–H groups in total. The molecule has 0 aliphatic carbocycles. The highest BCUT2D eigenvalue weighted by Gasteiger charge is 2.09. The van der Waals surface area contributed by atoms with Crippen LogP contribution in [-0.2, 0) is 14.3 Å². The third-order valence-electron chi connectivity index (χ3n) is 2.41. The molecule has 116 valence electrons. The molecule has 0 aliphatic rings. The normalized spacial score (nSPS) is 10.5. The number of carbonyl (C=O) groups excluding carboxylic acids is 2. The monoisotopic (exact) mass is 332 g/mol. The molecule has 0 spiro atoms. The van der Waals surface area contributed by atoms with Gasteiger partial charge in [0.2, 0.25) is 0 Å². The zero-order valence-corrected chi connectivity index (χ0v) is 13.5. The first-order valence-electron chi connectivity index (χ1n) is 6.69. The van der Waals surface area contributed by atoms with Gasteiger partial charge in [0.25, 0.3) is 0 Å². The zero-order chi connectivity index (χ0) is 15.8. The highest BCUT2D eigenvalue weighted by atomic mass is 35.5. The summed E-state index contributed by atoms with van der Waals surface area (Å²) in [6.07, 6.45) is 0.698. The van der Waals surface area contributed by atoms with Crippen molar-refractivity contribution < 1.29 is 19.1 Å². The van der Waals surface area contributed by atoms with Crippen molar-refractivity contribution in [1.29, 1.82) is 0 Å². The van der Waals surface area contributed by atoms with E-state index in [0.717, 1.165) is 0 Å². The molecule has 0 amide bonds. The van der Waals surface area contributed by atoms with Crippen LogP contribution in [0.3, 0.4) is 0 Å². The van der Waals surface area contributed by atoms with Crippen molar-refractivity contribution in [2.45, 2.75) is 33.1 Å². The molecule has 4 nitrogen and oxygen atoms in total. The van der Waals surface area contributed by atoms with Gasteiger partial charge in [0.15, 0.2) is 0 Å². The van der Waals surface area contributed by atoms with Crippen LogP contribution in [0.25, 0.3) is 0 Å². The van der Waals surface area contributed by atoms with Crippen LogP contribution in [0, 0.1) is 5.92 Å². The lowest BCUT2D eigenvalue weighted by Gasteiger charge is -2.07. The number of benzene rings is 1. The Morgan fingerprint density at radius 1 is 1.05 bits per heavy atom. The molecule has 21 heavy (non-hydrogen) atoms. The van der Waals surface area contributed by atoms with E-state index in [1.165, 1.54) is 12.1 Å². The second kappa shape index (κ2) is 8.90. The maximum atomic E-state index is 11.6. The Kier molecular flexibility index (Phi) is 7.54. The summed E-state index contributed by atoms with van der Waals surface area (Å²) < 4.78 is 10.1. The summed E-state index contributed by atoms with van der Waals surface area (Å²) in [6, 6.07) is 4.55. The average Bonchev–Trinajstić information content (AvgIpc) is 2.34. The third kappa shape index (κ3) is 7.93. The van der Waals surface area contributed by atoms with E-state index in [-0.39, 0.29) is 18.8 Å². The van der Waals surface area contributed by atoms with Gasteiger partial charge in [-0.2, -0.15) is 0 Å². The first-order valence-corrected chi connectivity index (χ1v) is 7.45. The van der Waals surface area contributed by atoms with E-state index in [1.54, 1.807) is 6.07 Å². The van der Waals surface area contributed by atoms with E-state index in [9.17, 15) is 9.59 Å². The van der Waals surface area contributed by atoms with Gasteiger partial charge in [0, 0.05) is 22.9 Å². The molecule has 1 aromatic carbocycles. The molecule has 0 saturated heterocycles. The number of esters is 2. The van der Waals surface area contributed by atoms with Gasteiger partial charge in [-0.1, -0.05) is 37.0 Å². The quantitative estimate of drug-likeness (QED) is 0.552. The van der Waals surface area contributed by atoms with Crippen molar-refractivity contribution >= 4 is 35.1 Å². The van der Waals surface area contributed by atoms with Crippen molar-refractivity contribution in [2.24, 2.45) is 5.92 Å². The van der Waals surface area contributed by atoms with Crippen molar-refractivity contribution in [1.82, 2.24) is 0 Å². The van der Waals surface area contributed by atoms with Crippen molar-refractivity contribution in [3.8, 4) is 5.75 Å². The van der Waals surface area contributed by atoms with Crippen LogP contribution in [-0.4, -0.2) is 18.5 Å². The van der Waals surface area contributed by atoms with Crippen LogP contribution in [0.5, 0.6) is 5.75 Å². The number of ether oxygens (including phenoxy) is 2. The van der Waals surface area contributed by atoms with E-state index in [1.807, 2.05) is 13.8 Å². The minimum atomic E-state index is -0.440. The number of halogens is 2. The summed E-state index contributed by atoms with van der Waals surface area (Å²) in [4.78, 5) is 23.0. The molecular weight excluding hydrogens is 315 g/mol. The number of hydrogen-bond donors (Lipinski definition) is 0. The fraction of sp³-hybridized carbons (Fsp3) is 0.467. The van der Waals surface area contributed by atoms with Gasteiger partial charge >= 0.3 is 11.9 Å². The minimum Gasteiger partial charge on any atom is -0.465 e. The molecule has 0 radical (unpaired) electrons. The lowest BCUT2D eigenvalue weighted by molar-refractivity contribution is -0.145. The molecule has 0 atom stereocenters. The van der Waals surface area contributed by atoms with Crippen LogP contribution < -0.4 is 4.74 Å². The smallest absolute Gasteiger partial charge is 0.311 e. The van der Waals surface area contributed by atoms with Crippen molar-refractivity contribution in [3.63, 3.8) is 0 Å². The molecule has 0 unspecified atom stereocenters. The van der Waals surface area contributed by atoms with Gasteiger partial charge in [-0.15, -0.1) is 0 Å². The summed E-state index contributed by atoms with van der Waals surface area (Å²) in [6.45, 7) is 4.31. The van der Waals surface area contributed by atoms with Crippen LogP contribution in [0.4, 0.5) is 0 Å². The van der Waals surface area contributed by atoms with Crippen LogP contribution in [0.2, 0.25) is 10.0 Å². The predicted octanol–water partition coefficient (Wildman–Crippen LogP) is 4.27. The lowest BCUT2D eigenvalue weighted by Crippen LogP contribution is -2.12. The Bertz CT molecular complexity index is 480. The molecule has 0 bridgehead atoms. The van der Waals surface area contributed by atoms with Gasteiger partial charge < -0.3 is 9.47 Å². The maximum Gasteiger partial charge on any atom is 0.311 e. The third-order valence-corrected chi connectivity index (χ3v) is 2.84. The second-order valence-electron chi connectivity index (χ2n) is 5.01. The Balaban J connectivity index is 2.29. The van der Waals surface area contributed by atoms with E-state index >= 15 is 0 Å². The van der Waals surface area contributed by atoms with Gasteiger partial charge in [-0.05, 0) is 30.5 Å². The predicted molar refractivity (Wildman–Crippen MR) is 81.7 cm³/mol. The van der Waals surface area contributed by atoms with E-state index in [0.29, 0.717) is 34.7 Å². The van der Waals surface area contributed by atoms with Gasteiger partial charge in [-0.3, -0.25) is 9.59 Å².